The van der Waals surface area contributed by atoms with E-state index >= 15 is 0 Å². The first kappa shape index (κ1) is 18.2. The van der Waals surface area contributed by atoms with Crippen LogP contribution >= 0.6 is 0 Å². The summed E-state index contributed by atoms with van der Waals surface area (Å²) in [7, 11) is 2.05. The highest BCUT2D eigenvalue weighted by molar-refractivity contribution is 5.67. The van der Waals surface area contributed by atoms with Crippen molar-refractivity contribution in [3.05, 3.63) is 0 Å². The third-order valence-corrected chi connectivity index (χ3v) is 2.89. The van der Waals surface area contributed by atoms with Gasteiger partial charge in [0, 0.05) is 19.1 Å². The zero-order chi connectivity index (χ0) is 14.9. The van der Waals surface area contributed by atoms with Crippen molar-refractivity contribution in [2.45, 2.75) is 58.6 Å². The SMILES string of the molecule is CCCCCN(C)C(CN)CNC(=O)OC(C)(C)C. The van der Waals surface area contributed by atoms with Crippen LogP contribution in [0.3, 0.4) is 0 Å². The first-order chi connectivity index (χ1) is 8.80. The molecule has 0 saturated carbocycles. The zero-order valence-corrected chi connectivity index (χ0v) is 13.2. The molecule has 1 amide bonds. The average molecular weight is 273 g/mol. The van der Waals surface area contributed by atoms with Gasteiger partial charge in [0.25, 0.3) is 0 Å². The van der Waals surface area contributed by atoms with Crippen LogP contribution in [0.1, 0.15) is 47.0 Å². The highest BCUT2D eigenvalue weighted by Crippen LogP contribution is 2.06. The molecule has 5 heteroatoms. The summed E-state index contributed by atoms with van der Waals surface area (Å²) in [5.41, 5.74) is 5.29. The van der Waals surface area contributed by atoms with Gasteiger partial charge < -0.3 is 20.7 Å². The Morgan fingerprint density at radius 3 is 2.47 bits per heavy atom. The molecule has 0 aliphatic heterocycles. The molecule has 0 aromatic carbocycles. The quantitative estimate of drug-likeness (QED) is 0.663. The topological polar surface area (TPSA) is 67.6 Å². The summed E-state index contributed by atoms with van der Waals surface area (Å²) in [6.45, 7) is 9.79. The maximum Gasteiger partial charge on any atom is 0.407 e. The van der Waals surface area contributed by atoms with Crippen molar-refractivity contribution >= 4 is 6.09 Å². The van der Waals surface area contributed by atoms with E-state index in [1.54, 1.807) is 0 Å². The van der Waals surface area contributed by atoms with Crippen LogP contribution in [0.5, 0.6) is 0 Å². The minimum atomic E-state index is -0.463. The molecule has 0 rings (SSSR count). The van der Waals surface area contributed by atoms with E-state index in [-0.39, 0.29) is 12.1 Å². The number of ether oxygens (including phenoxy) is 1. The van der Waals surface area contributed by atoms with E-state index in [0.717, 1.165) is 13.0 Å². The molecule has 1 atom stereocenters. The van der Waals surface area contributed by atoms with Crippen LogP contribution in [0.15, 0.2) is 0 Å². The highest BCUT2D eigenvalue weighted by Gasteiger charge is 2.18. The Morgan fingerprint density at radius 2 is 2.00 bits per heavy atom. The summed E-state index contributed by atoms with van der Waals surface area (Å²) in [5, 5.41) is 2.78. The van der Waals surface area contributed by atoms with E-state index in [1.807, 2.05) is 27.8 Å². The van der Waals surface area contributed by atoms with Crippen molar-refractivity contribution in [3.8, 4) is 0 Å². The molecular weight excluding hydrogens is 242 g/mol. The van der Waals surface area contributed by atoms with Gasteiger partial charge in [-0.3, -0.25) is 0 Å². The number of unbranched alkanes of at least 4 members (excludes halogenated alkanes) is 2. The van der Waals surface area contributed by atoms with Crippen molar-refractivity contribution in [3.63, 3.8) is 0 Å². The number of rotatable bonds is 8. The second-order valence-electron chi connectivity index (χ2n) is 5.96. The third kappa shape index (κ3) is 9.73. The highest BCUT2D eigenvalue weighted by atomic mass is 16.6. The van der Waals surface area contributed by atoms with E-state index in [4.69, 9.17) is 10.5 Å². The van der Waals surface area contributed by atoms with Crippen molar-refractivity contribution in [2.24, 2.45) is 5.73 Å². The molecule has 3 N–H and O–H groups in total. The fourth-order valence-electron chi connectivity index (χ4n) is 1.73. The Balaban J connectivity index is 4.01. The molecule has 19 heavy (non-hydrogen) atoms. The molecule has 0 saturated heterocycles. The number of nitrogens with two attached hydrogens (primary N) is 1. The molecule has 0 spiro atoms. The Morgan fingerprint density at radius 1 is 1.37 bits per heavy atom. The monoisotopic (exact) mass is 273 g/mol. The predicted octanol–water partition coefficient (Wildman–Crippen LogP) is 1.96. The third-order valence-electron chi connectivity index (χ3n) is 2.89. The maximum absolute atomic E-state index is 11.6. The van der Waals surface area contributed by atoms with Gasteiger partial charge in [-0.1, -0.05) is 19.8 Å². The van der Waals surface area contributed by atoms with Crippen molar-refractivity contribution in [1.29, 1.82) is 0 Å². The van der Waals surface area contributed by atoms with Crippen molar-refractivity contribution in [2.75, 3.05) is 26.7 Å². The van der Waals surface area contributed by atoms with Gasteiger partial charge in [0.1, 0.15) is 5.60 Å². The molecule has 0 heterocycles. The number of amides is 1. The lowest BCUT2D eigenvalue weighted by Crippen LogP contribution is -2.47. The summed E-state index contributed by atoms with van der Waals surface area (Å²) in [4.78, 5) is 13.8. The fourth-order valence-corrected chi connectivity index (χ4v) is 1.73. The van der Waals surface area contributed by atoms with Crippen LogP contribution in [0.2, 0.25) is 0 Å². The molecule has 0 aromatic rings. The lowest BCUT2D eigenvalue weighted by molar-refractivity contribution is 0.0512. The molecule has 114 valence electrons. The van der Waals surface area contributed by atoms with Crippen molar-refractivity contribution < 1.29 is 9.53 Å². The van der Waals surface area contributed by atoms with Gasteiger partial charge in [0.2, 0.25) is 0 Å². The summed E-state index contributed by atoms with van der Waals surface area (Å²) in [6, 6.07) is 0.157. The normalized spacial score (nSPS) is 13.4. The van der Waals surface area contributed by atoms with Crippen LogP contribution in [0, 0.1) is 0 Å². The Bertz CT molecular complexity index is 252. The molecule has 0 aliphatic carbocycles. The first-order valence-electron chi connectivity index (χ1n) is 7.17. The fraction of sp³-hybridized carbons (Fsp3) is 0.929. The van der Waals surface area contributed by atoms with Crippen LogP contribution in [-0.2, 0) is 4.74 Å². The lowest BCUT2D eigenvalue weighted by atomic mass is 10.2. The van der Waals surface area contributed by atoms with Crippen LogP contribution in [0.4, 0.5) is 4.79 Å². The van der Waals surface area contributed by atoms with Gasteiger partial charge in [-0.05, 0) is 40.8 Å². The summed E-state index contributed by atoms with van der Waals surface area (Å²) < 4.78 is 5.20. The van der Waals surface area contributed by atoms with E-state index in [1.165, 1.54) is 12.8 Å². The summed E-state index contributed by atoms with van der Waals surface area (Å²) >= 11 is 0. The summed E-state index contributed by atoms with van der Waals surface area (Å²) in [6.07, 6.45) is 3.21. The second kappa shape index (κ2) is 9.15. The van der Waals surface area contributed by atoms with E-state index in [2.05, 4.69) is 17.1 Å². The van der Waals surface area contributed by atoms with Crippen molar-refractivity contribution in [1.82, 2.24) is 10.2 Å². The van der Waals surface area contributed by atoms with Crippen LogP contribution in [0.25, 0.3) is 0 Å². The number of hydrogen-bond donors (Lipinski definition) is 2. The molecule has 0 radical (unpaired) electrons. The Labute approximate surface area is 117 Å². The van der Waals surface area contributed by atoms with Gasteiger partial charge in [-0.15, -0.1) is 0 Å². The predicted molar refractivity (Wildman–Crippen MR) is 79.2 cm³/mol. The van der Waals surface area contributed by atoms with Gasteiger partial charge in [-0.25, -0.2) is 4.79 Å². The largest absolute Gasteiger partial charge is 0.444 e. The van der Waals surface area contributed by atoms with E-state index in [0.29, 0.717) is 13.1 Å². The zero-order valence-electron chi connectivity index (χ0n) is 13.2. The first-order valence-corrected chi connectivity index (χ1v) is 7.17. The average Bonchev–Trinajstić information content (AvgIpc) is 2.27. The maximum atomic E-state index is 11.6. The number of nitrogens with one attached hydrogen (secondary N) is 1. The molecule has 5 nitrogen and oxygen atoms in total. The number of hydrogen-bond acceptors (Lipinski definition) is 4. The number of nitrogens with zero attached hydrogens (tertiary/aromatic N) is 1. The van der Waals surface area contributed by atoms with Crippen LogP contribution in [-0.4, -0.2) is 49.3 Å². The second-order valence-corrected chi connectivity index (χ2v) is 5.96. The van der Waals surface area contributed by atoms with Gasteiger partial charge >= 0.3 is 6.09 Å². The Hall–Kier alpha value is -0.810. The number of carbonyl (C=O) groups is 1. The molecule has 0 aromatic heterocycles. The minimum absolute atomic E-state index is 0.157. The molecule has 1 unspecified atom stereocenters. The number of likely N-dealkylation sites (N-methyl/N-ethyl adjacent to an activating group) is 1. The van der Waals surface area contributed by atoms with E-state index < -0.39 is 5.60 Å². The van der Waals surface area contributed by atoms with Gasteiger partial charge in [0.05, 0.1) is 0 Å². The standard InChI is InChI=1S/C14H31N3O2/c1-6-7-8-9-17(5)12(10-15)11-16-13(18)19-14(2,3)4/h12H,6-11,15H2,1-5H3,(H,16,18). The molecule has 0 fully saturated rings. The Kier molecular flexibility index (Phi) is 8.76. The smallest absolute Gasteiger partial charge is 0.407 e. The summed E-state index contributed by atoms with van der Waals surface area (Å²) in [5.74, 6) is 0. The van der Waals surface area contributed by atoms with Crippen LogP contribution < -0.4 is 11.1 Å². The van der Waals surface area contributed by atoms with E-state index in [9.17, 15) is 4.79 Å². The molecule has 0 bridgehead atoms. The number of carbonyl (C=O) groups excluding carboxylic acids is 1. The molecule has 0 aliphatic rings. The molecular formula is C14H31N3O2. The number of alkyl carbamates (subject to hydrolysis) is 1. The lowest BCUT2D eigenvalue weighted by Gasteiger charge is -2.28. The minimum Gasteiger partial charge on any atom is -0.444 e. The van der Waals surface area contributed by atoms with Gasteiger partial charge in [0.15, 0.2) is 0 Å². The van der Waals surface area contributed by atoms with Gasteiger partial charge in [-0.2, -0.15) is 0 Å².